The molecule has 3 rings (SSSR count). The maximum atomic E-state index is 5.77. The van der Waals surface area contributed by atoms with E-state index in [1.165, 1.54) is 11.1 Å². The summed E-state index contributed by atoms with van der Waals surface area (Å²) in [4.78, 5) is 0. The second-order valence-electron chi connectivity index (χ2n) is 5.58. The van der Waals surface area contributed by atoms with Crippen molar-refractivity contribution in [2.45, 2.75) is 18.4 Å². The Morgan fingerprint density at radius 3 is 1.85 bits per heavy atom. The van der Waals surface area contributed by atoms with E-state index < -0.39 is 0 Å². The van der Waals surface area contributed by atoms with Crippen LogP contribution in [0.5, 0.6) is 0 Å². The monoisotopic (exact) mass is 267 g/mol. The Bertz CT molecular complexity index is 474. The molecule has 0 unspecified atom stereocenters. The van der Waals surface area contributed by atoms with Gasteiger partial charge in [-0.2, -0.15) is 0 Å². The number of hydrogen-bond donors (Lipinski definition) is 1. The summed E-state index contributed by atoms with van der Waals surface area (Å²) in [6, 6.07) is 21.4. The highest BCUT2D eigenvalue weighted by Crippen LogP contribution is 2.22. The van der Waals surface area contributed by atoms with Crippen molar-refractivity contribution in [2.24, 2.45) is 0 Å². The van der Waals surface area contributed by atoms with Gasteiger partial charge in [0.2, 0.25) is 0 Å². The topological polar surface area (TPSA) is 21.3 Å². The summed E-state index contributed by atoms with van der Waals surface area (Å²) in [5, 5.41) is 3.70. The molecule has 1 aliphatic rings. The maximum Gasteiger partial charge on any atom is 0.0655 e. The maximum absolute atomic E-state index is 5.77. The highest BCUT2D eigenvalue weighted by molar-refractivity contribution is 5.23. The summed E-state index contributed by atoms with van der Waals surface area (Å²) in [5.41, 5.74) is 2.74. The minimum atomic E-state index is 0.0148. The van der Waals surface area contributed by atoms with Crippen LogP contribution in [0, 0.1) is 0 Å². The molecular formula is C18H21NO. The highest BCUT2D eigenvalue weighted by atomic mass is 16.5. The van der Waals surface area contributed by atoms with Crippen LogP contribution in [0.1, 0.15) is 11.1 Å². The van der Waals surface area contributed by atoms with E-state index in [1.807, 2.05) is 0 Å². The van der Waals surface area contributed by atoms with Gasteiger partial charge in [0, 0.05) is 12.1 Å². The van der Waals surface area contributed by atoms with E-state index in [1.54, 1.807) is 0 Å². The molecule has 1 N–H and O–H groups in total. The molecule has 2 heteroatoms. The van der Waals surface area contributed by atoms with Gasteiger partial charge in [-0.05, 0) is 24.0 Å². The molecule has 0 saturated carbocycles. The van der Waals surface area contributed by atoms with Gasteiger partial charge in [-0.15, -0.1) is 0 Å². The van der Waals surface area contributed by atoms with Crippen molar-refractivity contribution in [2.75, 3.05) is 19.8 Å². The van der Waals surface area contributed by atoms with Gasteiger partial charge in [0.05, 0.1) is 13.2 Å². The van der Waals surface area contributed by atoms with Crippen molar-refractivity contribution >= 4 is 0 Å². The van der Waals surface area contributed by atoms with E-state index in [0.717, 1.165) is 32.6 Å². The van der Waals surface area contributed by atoms with Crippen LogP contribution in [-0.2, 0) is 17.6 Å². The molecule has 20 heavy (non-hydrogen) atoms. The molecule has 2 aromatic carbocycles. The molecule has 0 radical (unpaired) electrons. The molecule has 104 valence electrons. The largest absolute Gasteiger partial charge is 0.378 e. The van der Waals surface area contributed by atoms with Crippen LogP contribution in [0.3, 0.4) is 0 Å². The first-order chi connectivity index (χ1) is 9.86. The summed E-state index contributed by atoms with van der Waals surface area (Å²) in [6.45, 7) is 2.52. The lowest BCUT2D eigenvalue weighted by Crippen LogP contribution is -2.57. The summed E-state index contributed by atoms with van der Waals surface area (Å²) in [6.07, 6.45) is 2.01. The number of ether oxygens (including phenoxy) is 1. The predicted octanol–water partition coefficient (Wildman–Crippen LogP) is 2.83. The van der Waals surface area contributed by atoms with Crippen LogP contribution in [0.4, 0.5) is 0 Å². The van der Waals surface area contributed by atoms with E-state index in [2.05, 4.69) is 66.0 Å². The fraction of sp³-hybridized carbons (Fsp3) is 0.333. The van der Waals surface area contributed by atoms with Gasteiger partial charge in [-0.1, -0.05) is 60.7 Å². The van der Waals surface area contributed by atoms with Gasteiger partial charge in [-0.25, -0.2) is 0 Å². The molecule has 0 atom stereocenters. The first-order valence-electron chi connectivity index (χ1n) is 7.27. The number of morpholine rings is 1. The summed E-state index contributed by atoms with van der Waals surface area (Å²) in [7, 11) is 0. The molecule has 0 bridgehead atoms. The highest BCUT2D eigenvalue weighted by Gasteiger charge is 2.32. The Labute approximate surface area is 120 Å². The molecule has 2 nitrogen and oxygen atoms in total. The second kappa shape index (κ2) is 6.21. The predicted molar refractivity (Wildman–Crippen MR) is 81.8 cm³/mol. The number of benzene rings is 2. The van der Waals surface area contributed by atoms with Crippen LogP contribution >= 0.6 is 0 Å². The fourth-order valence-corrected chi connectivity index (χ4v) is 2.97. The van der Waals surface area contributed by atoms with Crippen molar-refractivity contribution in [3.05, 3.63) is 71.8 Å². The van der Waals surface area contributed by atoms with Crippen LogP contribution in [0.25, 0.3) is 0 Å². The van der Waals surface area contributed by atoms with Crippen molar-refractivity contribution in [3.63, 3.8) is 0 Å². The number of nitrogens with one attached hydrogen (secondary N) is 1. The first kappa shape index (κ1) is 13.3. The molecular weight excluding hydrogens is 246 g/mol. The normalized spacial score (nSPS) is 17.8. The van der Waals surface area contributed by atoms with Crippen molar-refractivity contribution in [1.29, 1.82) is 0 Å². The van der Waals surface area contributed by atoms with E-state index in [-0.39, 0.29) is 5.54 Å². The van der Waals surface area contributed by atoms with Crippen molar-refractivity contribution < 1.29 is 4.74 Å². The zero-order valence-electron chi connectivity index (χ0n) is 11.7. The zero-order chi connectivity index (χ0) is 13.7. The molecule has 0 amide bonds. The average molecular weight is 267 g/mol. The van der Waals surface area contributed by atoms with Gasteiger partial charge < -0.3 is 10.1 Å². The van der Waals surface area contributed by atoms with Crippen molar-refractivity contribution in [1.82, 2.24) is 5.32 Å². The molecule has 1 fully saturated rings. The molecule has 0 aliphatic carbocycles. The Morgan fingerprint density at radius 1 is 0.850 bits per heavy atom. The minimum absolute atomic E-state index is 0.0148. The van der Waals surface area contributed by atoms with E-state index in [4.69, 9.17) is 4.74 Å². The molecule has 1 heterocycles. The Hall–Kier alpha value is -1.64. The number of rotatable bonds is 4. The third-order valence-corrected chi connectivity index (χ3v) is 3.90. The lowest BCUT2D eigenvalue weighted by molar-refractivity contribution is 0.0271. The Morgan fingerprint density at radius 2 is 1.40 bits per heavy atom. The van der Waals surface area contributed by atoms with Gasteiger partial charge in [0.15, 0.2) is 0 Å². The first-order valence-corrected chi connectivity index (χ1v) is 7.27. The van der Waals surface area contributed by atoms with Gasteiger partial charge >= 0.3 is 0 Å². The Balaban J connectivity index is 1.81. The van der Waals surface area contributed by atoms with E-state index in [0.29, 0.717) is 0 Å². The quantitative estimate of drug-likeness (QED) is 0.919. The third kappa shape index (κ3) is 3.27. The lowest BCUT2D eigenvalue weighted by Gasteiger charge is -2.38. The SMILES string of the molecule is c1ccc(CC2(Cc3ccccc3)COCCN2)cc1. The summed E-state index contributed by atoms with van der Waals surface area (Å²) in [5.74, 6) is 0. The molecule has 1 aliphatic heterocycles. The fourth-order valence-electron chi connectivity index (χ4n) is 2.97. The molecule has 2 aromatic rings. The van der Waals surface area contributed by atoms with E-state index in [9.17, 15) is 0 Å². The Kier molecular flexibility index (Phi) is 4.14. The number of hydrogen-bond acceptors (Lipinski definition) is 2. The molecule has 0 aromatic heterocycles. The smallest absolute Gasteiger partial charge is 0.0655 e. The molecule has 0 spiro atoms. The van der Waals surface area contributed by atoms with Gasteiger partial charge in [0.1, 0.15) is 0 Å². The second-order valence-corrected chi connectivity index (χ2v) is 5.58. The summed E-state index contributed by atoms with van der Waals surface area (Å²) >= 11 is 0. The van der Waals surface area contributed by atoms with Crippen LogP contribution in [0.15, 0.2) is 60.7 Å². The minimum Gasteiger partial charge on any atom is -0.378 e. The van der Waals surface area contributed by atoms with E-state index >= 15 is 0 Å². The van der Waals surface area contributed by atoms with Crippen LogP contribution in [0.2, 0.25) is 0 Å². The lowest BCUT2D eigenvalue weighted by atomic mass is 9.84. The van der Waals surface area contributed by atoms with Crippen molar-refractivity contribution in [3.8, 4) is 0 Å². The third-order valence-electron chi connectivity index (χ3n) is 3.90. The standard InChI is InChI=1S/C18H21NO/c1-3-7-16(8-4-1)13-18(15-20-12-11-19-18)14-17-9-5-2-6-10-17/h1-10,19H,11-15H2. The molecule has 1 saturated heterocycles. The van der Waals surface area contributed by atoms with Crippen LogP contribution < -0.4 is 5.32 Å². The summed E-state index contributed by atoms with van der Waals surface area (Å²) < 4.78 is 5.77. The van der Waals surface area contributed by atoms with Gasteiger partial charge in [0.25, 0.3) is 0 Å². The van der Waals surface area contributed by atoms with Gasteiger partial charge in [-0.3, -0.25) is 0 Å². The van der Waals surface area contributed by atoms with Crippen LogP contribution in [-0.4, -0.2) is 25.3 Å². The zero-order valence-corrected chi connectivity index (χ0v) is 11.7. The average Bonchev–Trinajstić information content (AvgIpc) is 2.50.